The number of benzene rings is 1. The molecule has 0 aliphatic heterocycles. The number of rotatable bonds is 3. The van der Waals surface area contributed by atoms with Crippen LogP contribution in [0.3, 0.4) is 0 Å². The van der Waals surface area contributed by atoms with E-state index in [9.17, 15) is 4.39 Å². The Morgan fingerprint density at radius 3 is 2.68 bits per heavy atom. The topological polar surface area (TPSA) is 43.8 Å². The van der Waals surface area contributed by atoms with E-state index in [-0.39, 0.29) is 5.82 Å². The first-order valence-corrected chi connectivity index (χ1v) is 6.83. The zero-order valence-electron chi connectivity index (χ0n) is 11.2. The van der Waals surface area contributed by atoms with E-state index in [1.807, 2.05) is 31.6 Å². The Kier molecular flexibility index (Phi) is 3.78. The number of aryl methyl sites for hydroxylation is 2. The average molecular weight is 326 g/mol. The molecule has 2 aromatic rings. The van der Waals surface area contributed by atoms with Gasteiger partial charge in [-0.3, -0.25) is 4.68 Å². The lowest BCUT2D eigenvalue weighted by molar-refractivity contribution is 0.467. The second kappa shape index (κ2) is 5.06. The first kappa shape index (κ1) is 14.2. The maximum Gasteiger partial charge on any atom is 0.123 e. The smallest absolute Gasteiger partial charge is 0.123 e. The maximum atomic E-state index is 13.3. The zero-order valence-corrected chi connectivity index (χ0v) is 12.8. The third-order valence-electron chi connectivity index (χ3n) is 3.28. The molecule has 3 nitrogen and oxygen atoms in total. The summed E-state index contributed by atoms with van der Waals surface area (Å²) in [5, 5.41) is 4.35. The molecule has 0 aliphatic rings. The highest BCUT2D eigenvalue weighted by atomic mass is 79.9. The van der Waals surface area contributed by atoms with Gasteiger partial charge in [-0.05, 0) is 47.5 Å². The van der Waals surface area contributed by atoms with E-state index in [0.29, 0.717) is 6.42 Å². The molecule has 5 heteroatoms. The van der Waals surface area contributed by atoms with E-state index in [4.69, 9.17) is 5.73 Å². The molecule has 1 unspecified atom stereocenters. The molecule has 0 saturated carbocycles. The fourth-order valence-corrected chi connectivity index (χ4v) is 2.64. The third kappa shape index (κ3) is 2.87. The van der Waals surface area contributed by atoms with Gasteiger partial charge in [0, 0.05) is 19.0 Å². The van der Waals surface area contributed by atoms with Gasteiger partial charge >= 0.3 is 0 Å². The van der Waals surface area contributed by atoms with Crippen LogP contribution in [0, 0.1) is 12.7 Å². The van der Waals surface area contributed by atoms with Crippen LogP contribution in [0.1, 0.15) is 23.9 Å². The molecule has 1 aromatic heterocycles. The summed E-state index contributed by atoms with van der Waals surface area (Å²) in [5.41, 5.74) is 8.42. The maximum absolute atomic E-state index is 13.3. The van der Waals surface area contributed by atoms with Crippen molar-refractivity contribution >= 4 is 15.9 Å². The average Bonchev–Trinajstić information content (AvgIpc) is 2.56. The molecular formula is C14H17BrFN3. The summed E-state index contributed by atoms with van der Waals surface area (Å²) in [5.74, 6) is -0.269. The SMILES string of the molecule is Cc1nn(C)c(CC(C)(N)c2cccc(F)c2)c1Br. The molecule has 102 valence electrons. The molecule has 0 spiro atoms. The van der Waals surface area contributed by atoms with Gasteiger partial charge in [0.1, 0.15) is 5.82 Å². The number of nitrogens with two attached hydrogens (primary N) is 1. The van der Waals surface area contributed by atoms with Gasteiger partial charge in [0.05, 0.1) is 15.9 Å². The van der Waals surface area contributed by atoms with Crippen molar-refractivity contribution in [3.8, 4) is 0 Å². The van der Waals surface area contributed by atoms with Gasteiger partial charge in [0.2, 0.25) is 0 Å². The van der Waals surface area contributed by atoms with Crippen LogP contribution < -0.4 is 5.73 Å². The van der Waals surface area contributed by atoms with Crippen molar-refractivity contribution in [1.29, 1.82) is 0 Å². The number of nitrogens with zero attached hydrogens (tertiary/aromatic N) is 2. The minimum Gasteiger partial charge on any atom is -0.321 e. The molecule has 19 heavy (non-hydrogen) atoms. The molecule has 1 aromatic carbocycles. The van der Waals surface area contributed by atoms with Crippen LogP contribution in [0.4, 0.5) is 4.39 Å². The Labute approximate surface area is 120 Å². The second-order valence-corrected chi connectivity index (χ2v) is 5.87. The molecule has 2 N–H and O–H groups in total. The Bertz CT molecular complexity index is 605. The van der Waals surface area contributed by atoms with Crippen molar-refractivity contribution in [3.05, 3.63) is 51.5 Å². The molecule has 1 atom stereocenters. The largest absolute Gasteiger partial charge is 0.321 e. The van der Waals surface area contributed by atoms with E-state index in [1.165, 1.54) is 12.1 Å². The molecular weight excluding hydrogens is 309 g/mol. The lowest BCUT2D eigenvalue weighted by atomic mass is 9.88. The lowest BCUT2D eigenvalue weighted by Gasteiger charge is -2.25. The lowest BCUT2D eigenvalue weighted by Crippen LogP contribution is -2.36. The highest BCUT2D eigenvalue weighted by Crippen LogP contribution is 2.28. The molecule has 1 heterocycles. The number of halogens is 2. The monoisotopic (exact) mass is 325 g/mol. The van der Waals surface area contributed by atoms with Crippen LogP contribution >= 0.6 is 15.9 Å². The normalized spacial score (nSPS) is 14.4. The van der Waals surface area contributed by atoms with E-state index in [2.05, 4.69) is 21.0 Å². The molecule has 0 fully saturated rings. The van der Waals surface area contributed by atoms with Crippen LogP contribution in [-0.2, 0) is 19.0 Å². The van der Waals surface area contributed by atoms with Crippen LogP contribution in [-0.4, -0.2) is 9.78 Å². The summed E-state index contributed by atoms with van der Waals surface area (Å²) in [6.45, 7) is 3.83. The van der Waals surface area contributed by atoms with E-state index >= 15 is 0 Å². The quantitative estimate of drug-likeness (QED) is 0.942. The Morgan fingerprint density at radius 2 is 2.16 bits per heavy atom. The first-order chi connectivity index (χ1) is 8.81. The first-order valence-electron chi connectivity index (χ1n) is 6.04. The zero-order chi connectivity index (χ0) is 14.2. The van der Waals surface area contributed by atoms with Crippen molar-refractivity contribution < 1.29 is 4.39 Å². The summed E-state index contributed by atoms with van der Waals surface area (Å²) < 4.78 is 16.1. The number of aromatic nitrogens is 2. The molecule has 0 radical (unpaired) electrons. The van der Waals surface area contributed by atoms with Crippen LogP contribution in [0.15, 0.2) is 28.7 Å². The Hall–Kier alpha value is -1.20. The highest BCUT2D eigenvalue weighted by molar-refractivity contribution is 9.10. The molecule has 2 rings (SSSR count). The minimum atomic E-state index is -0.648. The van der Waals surface area contributed by atoms with E-state index in [1.54, 1.807) is 6.07 Å². The summed E-state index contributed by atoms with van der Waals surface area (Å²) in [7, 11) is 1.88. The standard InChI is InChI=1S/C14H17BrFN3/c1-9-13(15)12(19(3)18-9)8-14(2,17)10-5-4-6-11(16)7-10/h4-7H,8,17H2,1-3H3. The number of hydrogen-bond donors (Lipinski definition) is 1. The van der Waals surface area contributed by atoms with Gasteiger partial charge in [0.25, 0.3) is 0 Å². The third-order valence-corrected chi connectivity index (χ3v) is 4.31. The summed E-state index contributed by atoms with van der Waals surface area (Å²) in [4.78, 5) is 0. The van der Waals surface area contributed by atoms with E-state index < -0.39 is 5.54 Å². The Balaban J connectivity index is 2.36. The van der Waals surface area contributed by atoms with Crippen molar-refractivity contribution in [2.75, 3.05) is 0 Å². The van der Waals surface area contributed by atoms with Gasteiger partial charge in [-0.25, -0.2) is 4.39 Å². The molecule has 0 amide bonds. The Morgan fingerprint density at radius 1 is 1.47 bits per heavy atom. The van der Waals surface area contributed by atoms with Crippen molar-refractivity contribution in [2.24, 2.45) is 12.8 Å². The van der Waals surface area contributed by atoms with Crippen molar-refractivity contribution in [3.63, 3.8) is 0 Å². The van der Waals surface area contributed by atoms with Gasteiger partial charge in [-0.15, -0.1) is 0 Å². The summed E-state index contributed by atoms with van der Waals surface area (Å²) in [6, 6.07) is 6.43. The fourth-order valence-electron chi connectivity index (χ4n) is 2.17. The highest BCUT2D eigenvalue weighted by Gasteiger charge is 2.25. The predicted octanol–water partition coefficient (Wildman–Crippen LogP) is 3.05. The number of hydrogen-bond acceptors (Lipinski definition) is 2. The van der Waals surface area contributed by atoms with Crippen molar-refractivity contribution in [2.45, 2.75) is 25.8 Å². The van der Waals surface area contributed by atoms with E-state index in [0.717, 1.165) is 21.4 Å². The van der Waals surface area contributed by atoms with Crippen LogP contribution in [0.25, 0.3) is 0 Å². The van der Waals surface area contributed by atoms with Crippen molar-refractivity contribution in [1.82, 2.24) is 9.78 Å². The fraction of sp³-hybridized carbons (Fsp3) is 0.357. The predicted molar refractivity (Wildman–Crippen MR) is 77.3 cm³/mol. The van der Waals surface area contributed by atoms with Gasteiger partial charge in [0.15, 0.2) is 0 Å². The molecule has 0 aliphatic carbocycles. The summed E-state index contributed by atoms with van der Waals surface area (Å²) in [6.07, 6.45) is 0.578. The van der Waals surface area contributed by atoms with Crippen LogP contribution in [0.2, 0.25) is 0 Å². The van der Waals surface area contributed by atoms with Gasteiger partial charge in [-0.2, -0.15) is 5.10 Å². The van der Waals surface area contributed by atoms with Gasteiger partial charge in [-0.1, -0.05) is 12.1 Å². The van der Waals surface area contributed by atoms with Gasteiger partial charge < -0.3 is 5.73 Å². The molecule has 0 saturated heterocycles. The van der Waals surface area contributed by atoms with Crippen LogP contribution in [0.5, 0.6) is 0 Å². The summed E-state index contributed by atoms with van der Waals surface area (Å²) >= 11 is 3.53. The minimum absolute atomic E-state index is 0.269. The second-order valence-electron chi connectivity index (χ2n) is 5.07. The molecule has 0 bridgehead atoms.